The van der Waals surface area contributed by atoms with Gasteiger partial charge in [0.1, 0.15) is 17.5 Å². The van der Waals surface area contributed by atoms with Gasteiger partial charge < -0.3 is 20.0 Å². The van der Waals surface area contributed by atoms with E-state index < -0.39 is 24.9 Å². The van der Waals surface area contributed by atoms with Gasteiger partial charge in [-0.25, -0.2) is 13.8 Å². The predicted molar refractivity (Wildman–Crippen MR) is 123 cm³/mol. The van der Waals surface area contributed by atoms with Crippen LogP contribution in [0.15, 0.2) is 40.8 Å². The highest BCUT2D eigenvalue weighted by Crippen LogP contribution is 2.32. The Hall–Kier alpha value is -3.30. The number of ether oxygens (including phenoxy) is 1. The zero-order valence-corrected chi connectivity index (χ0v) is 19.3. The molecule has 1 aliphatic rings. The molecule has 1 saturated heterocycles. The van der Waals surface area contributed by atoms with Gasteiger partial charge in [-0.3, -0.25) is 9.79 Å². The monoisotopic (exact) mass is 460 g/mol. The van der Waals surface area contributed by atoms with Crippen LogP contribution in [0, 0.1) is 12.3 Å². The minimum absolute atomic E-state index is 0.220. The van der Waals surface area contributed by atoms with Crippen molar-refractivity contribution < 1.29 is 18.3 Å². The van der Waals surface area contributed by atoms with Gasteiger partial charge >= 0.3 is 0 Å². The van der Waals surface area contributed by atoms with E-state index in [1.807, 2.05) is 43.7 Å². The summed E-state index contributed by atoms with van der Waals surface area (Å²) in [6.07, 6.45) is 3.48. The smallest absolute Gasteiger partial charge is 0.255 e. The van der Waals surface area contributed by atoms with Gasteiger partial charge in [-0.1, -0.05) is 19.9 Å². The lowest BCUT2D eigenvalue weighted by molar-refractivity contribution is -0.133. The van der Waals surface area contributed by atoms with E-state index >= 15 is 0 Å². The summed E-state index contributed by atoms with van der Waals surface area (Å²) in [5.41, 5.74) is 2.43. The summed E-state index contributed by atoms with van der Waals surface area (Å²) in [5, 5.41) is 3.82. The fourth-order valence-corrected chi connectivity index (χ4v) is 3.88. The van der Waals surface area contributed by atoms with E-state index in [9.17, 15) is 13.6 Å². The molecule has 0 radical (unpaired) electrons. The maximum absolute atomic E-state index is 13.0. The number of imidazole rings is 1. The van der Waals surface area contributed by atoms with Gasteiger partial charge in [-0.05, 0) is 37.3 Å². The van der Waals surface area contributed by atoms with Crippen LogP contribution >= 0.6 is 0 Å². The molecule has 1 amide bonds. The van der Waals surface area contributed by atoms with Crippen LogP contribution in [-0.4, -0.2) is 65.0 Å². The van der Waals surface area contributed by atoms with E-state index in [0.29, 0.717) is 29.9 Å². The van der Waals surface area contributed by atoms with Crippen LogP contribution in [0.4, 0.5) is 8.78 Å². The highest BCUT2D eigenvalue weighted by atomic mass is 19.3. The molecule has 1 aromatic heterocycles. The standard InChI is InChI=1S/C23H30F2N6O2/c1-15-12-31(14-28-15)19-6-5-16(9-20(19)33-4)18(29-26)11-27-17-10-23(2,3)7-8-30(22(17)32)13-21(24)25/h5-6,9,11-12,14,17,21H,7-8,10,13,26H2,1-4H3/b27-11?,29-18+. The second-order valence-electron chi connectivity index (χ2n) is 8.91. The molecular weight excluding hydrogens is 430 g/mol. The van der Waals surface area contributed by atoms with Crippen molar-refractivity contribution in [1.82, 2.24) is 14.5 Å². The van der Waals surface area contributed by atoms with Crippen molar-refractivity contribution in [1.29, 1.82) is 0 Å². The summed E-state index contributed by atoms with van der Waals surface area (Å²) in [6, 6.07) is 4.64. The fraction of sp³-hybridized carbons (Fsp3) is 0.478. The summed E-state index contributed by atoms with van der Waals surface area (Å²) in [5.74, 6) is 5.79. The van der Waals surface area contributed by atoms with Gasteiger partial charge in [-0.15, -0.1) is 0 Å². The SMILES string of the molecule is COc1cc(/C(C=NC2CC(C)(C)CCN(CC(F)F)C2=O)=N/N)ccc1-n1cnc(C)c1. The number of hydrazone groups is 1. The maximum atomic E-state index is 13.0. The first-order chi connectivity index (χ1) is 15.6. The molecule has 0 saturated carbocycles. The minimum atomic E-state index is -2.59. The number of benzene rings is 1. The van der Waals surface area contributed by atoms with Gasteiger partial charge in [-0.2, -0.15) is 5.10 Å². The number of carbonyl (C=O) groups is 1. The van der Waals surface area contributed by atoms with Crippen LogP contribution < -0.4 is 10.6 Å². The van der Waals surface area contributed by atoms with Crippen molar-refractivity contribution in [2.75, 3.05) is 20.2 Å². The van der Waals surface area contributed by atoms with Gasteiger partial charge in [0.2, 0.25) is 5.91 Å². The summed E-state index contributed by atoms with van der Waals surface area (Å²) in [4.78, 5) is 22.8. The maximum Gasteiger partial charge on any atom is 0.255 e. The molecular formula is C23H30F2N6O2. The normalized spacial score (nSPS) is 19.4. The first-order valence-corrected chi connectivity index (χ1v) is 10.7. The number of halogens is 2. The van der Waals surface area contributed by atoms with E-state index in [0.717, 1.165) is 11.4 Å². The third kappa shape index (κ3) is 5.94. The van der Waals surface area contributed by atoms with E-state index in [1.54, 1.807) is 19.5 Å². The Labute approximate surface area is 192 Å². The molecule has 1 atom stereocenters. The van der Waals surface area contributed by atoms with E-state index in [2.05, 4.69) is 15.1 Å². The van der Waals surface area contributed by atoms with Crippen LogP contribution in [0.1, 0.15) is 37.9 Å². The largest absolute Gasteiger partial charge is 0.495 e. The molecule has 3 rings (SSSR count). The summed E-state index contributed by atoms with van der Waals surface area (Å²) >= 11 is 0. The van der Waals surface area contributed by atoms with E-state index in [-0.39, 0.29) is 12.0 Å². The Morgan fingerprint density at radius 3 is 2.79 bits per heavy atom. The molecule has 2 N–H and O–H groups in total. The van der Waals surface area contributed by atoms with Crippen LogP contribution in [-0.2, 0) is 4.79 Å². The van der Waals surface area contributed by atoms with Gasteiger partial charge in [0.15, 0.2) is 0 Å². The van der Waals surface area contributed by atoms with Gasteiger partial charge in [0, 0.05) is 18.3 Å². The quantitative estimate of drug-likeness (QED) is 0.390. The van der Waals surface area contributed by atoms with Crippen molar-refractivity contribution >= 4 is 17.8 Å². The molecule has 178 valence electrons. The number of alkyl halides is 2. The Bertz CT molecular complexity index is 1050. The Kier molecular flexibility index (Phi) is 7.45. The number of aromatic nitrogens is 2. The molecule has 2 aromatic rings. The number of hydrogen-bond donors (Lipinski definition) is 1. The average molecular weight is 461 g/mol. The predicted octanol–water partition coefficient (Wildman–Crippen LogP) is 3.21. The number of amides is 1. The second-order valence-corrected chi connectivity index (χ2v) is 8.91. The molecule has 1 fully saturated rings. The number of nitrogens with zero attached hydrogens (tertiary/aromatic N) is 5. The number of aryl methyl sites for hydroxylation is 1. The lowest BCUT2D eigenvalue weighted by atomic mass is 9.84. The molecule has 8 nitrogen and oxygen atoms in total. The number of methoxy groups -OCH3 is 1. The Morgan fingerprint density at radius 2 is 2.18 bits per heavy atom. The second kappa shape index (κ2) is 10.1. The summed E-state index contributed by atoms with van der Waals surface area (Å²) < 4.78 is 33.3. The molecule has 1 aliphatic heterocycles. The summed E-state index contributed by atoms with van der Waals surface area (Å²) in [7, 11) is 1.56. The third-order valence-electron chi connectivity index (χ3n) is 5.74. The Morgan fingerprint density at radius 1 is 1.42 bits per heavy atom. The number of carbonyl (C=O) groups excluding carboxylic acids is 1. The van der Waals surface area contributed by atoms with Crippen LogP contribution in [0.25, 0.3) is 5.69 Å². The van der Waals surface area contributed by atoms with Crippen molar-refractivity contribution in [3.8, 4) is 11.4 Å². The first kappa shape index (κ1) is 24.3. The molecule has 33 heavy (non-hydrogen) atoms. The van der Waals surface area contributed by atoms with E-state index in [1.165, 1.54) is 11.1 Å². The topological polar surface area (TPSA) is 98.1 Å². The number of aliphatic imine (C=N–C) groups is 1. The lowest BCUT2D eigenvalue weighted by Crippen LogP contribution is -2.40. The highest BCUT2D eigenvalue weighted by molar-refractivity contribution is 6.38. The van der Waals surface area contributed by atoms with Crippen molar-refractivity contribution in [2.45, 2.75) is 46.1 Å². The zero-order chi connectivity index (χ0) is 24.2. The molecule has 0 spiro atoms. The van der Waals surface area contributed by atoms with Crippen LogP contribution in [0.3, 0.4) is 0 Å². The van der Waals surface area contributed by atoms with Crippen LogP contribution in [0.5, 0.6) is 5.75 Å². The third-order valence-corrected chi connectivity index (χ3v) is 5.74. The number of rotatable bonds is 7. The molecule has 1 aromatic carbocycles. The van der Waals surface area contributed by atoms with Gasteiger partial charge in [0.25, 0.3) is 6.43 Å². The van der Waals surface area contributed by atoms with Crippen LogP contribution in [0.2, 0.25) is 0 Å². The first-order valence-electron chi connectivity index (χ1n) is 10.7. The highest BCUT2D eigenvalue weighted by Gasteiger charge is 2.35. The summed E-state index contributed by atoms with van der Waals surface area (Å²) in [6.45, 7) is 5.60. The fourth-order valence-electron chi connectivity index (χ4n) is 3.88. The average Bonchev–Trinajstić information content (AvgIpc) is 3.17. The van der Waals surface area contributed by atoms with E-state index in [4.69, 9.17) is 10.6 Å². The minimum Gasteiger partial charge on any atom is -0.495 e. The molecule has 2 heterocycles. The number of hydrogen-bond acceptors (Lipinski definition) is 6. The van der Waals surface area contributed by atoms with Gasteiger partial charge in [0.05, 0.1) is 37.6 Å². The number of nitrogens with two attached hydrogens (primary N) is 1. The van der Waals surface area contributed by atoms with Crippen molar-refractivity contribution in [3.63, 3.8) is 0 Å². The molecule has 1 unspecified atom stereocenters. The van der Waals surface area contributed by atoms with Crippen molar-refractivity contribution in [2.24, 2.45) is 21.4 Å². The molecule has 0 aliphatic carbocycles. The van der Waals surface area contributed by atoms with Crippen molar-refractivity contribution in [3.05, 3.63) is 42.0 Å². The zero-order valence-electron chi connectivity index (χ0n) is 19.3. The Balaban J connectivity index is 1.87. The molecule has 10 heteroatoms. The number of likely N-dealkylation sites (tertiary alicyclic amines) is 1. The molecule has 0 bridgehead atoms. The lowest BCUT2D eigenvalue weighted by Gasteiger charge is -2.23.